The number of carbonyl (C=O) groups is 2. The van der Waals surface area contributed by atoms with Gasteiger partial charge in [-0.3, -0.25) is 9.59 Å². The van der Waals surface area contributed by atoms with E-state index in [9.17, 15) is 9.59 Å². The first-order valence-corrected chi connectivity index (χ1v) is 8.07. The Morgan fingerprint density at radius 2 is 1.84 bits per heavy atom. The fraction of sp³-hybridized carbons (Fsp3) is 0.167. The van der Waals surface area contributed by atoms with Gasteiger partial charge in [0.2, 0.25) is 5.91 Å². The first kappa shape index (κ1) is 15.2. The van der Waals surface area contributed by atoms with Gasteiger partial charge in [0, 0.05) is 25.5 Å². The summed E-state index contributed by atoms with van der Waals surface area (Å²) in [5.74, 6) is 0.325. The average molecular weight is 335 g/mol. The third-order valence-corrected chi connectivity index (χ3v) is 4.15. The zero-order valence-electron chi connectivity index (χ0n) is 13.5. The van der Waals surface area contributed by atoms with E-state index >= 15 is 0 Å². The highest BCUT2D eigenvalue weighted by Gasteiger charge is 2.27. The molecule has 2 aromatic heterocycles. The van der Waals surface area contributed by atoms with E-state index in [0.717, 1.165) is 5.69 Å². The maximum atomic E-state index is 13.0. The summed E-state index contributed by atoms with van der Waals surface area (Å²) >= 11 is 0. The van der Waals surface area contributed by atoms with Crippen LogP contribution in [-0.2, 0) is 4.79 Å². The van der Waals surface area contributed by atoms with Crippen molar-refractivity contribution >= 4 is 11.8 Å². The van der Waals surface area contributed by atoms with Crippen molar-refractivity contribution in [1.82, 2.24) is 24.6 Å². The van der Waals surface area contributed by atoms with Crippen LogP contribution in [-0.4, -0.2) is 50.7 Å². The predicted octanol–water partition coefficient (Wildman–Crippen LogP) is 1.23. The van der Waals surface area contributed by atoms with Crippen LogP contribution >= 0.6 is 0 Å². The monoisotopic (exact) mass is 335 g/mol. The van der Waals surface area contributed by atoms with E-state index in [1.54, 1.807) is 15.8 Å². The summed E-state index contributed by atoms with van der Waals surface area (Å²) in [7, 11) is 0. The number of aromatic nitrogens is 3. The number of carbonyl (C=O) groups excluding carboxylic acids is 2. The molecule has 7 heteroatoms. The SMILES string of the molecule is O=C1CN(C(=O)c2cnn(-c3ccccc3)c2-n2cccc2)CCN1. The fourth-order valence-electron chi connectivity index (χ4n) is 2.96. The summed E-state index contributed by atoms with van der Waals surface area (Å²) in [6.07, 6.45) is 5.31. The van der Waals surface area contributed by atoms with Gasteiger partial charge in [-0.2, -0.15) is 5.10 Å². The van der Waals surface area contributed by atoms with Gasteiger partial charge < -0.3 is 14.8 Å². The van der Waals surface area contributed by atoms with Crippen LogP contribution in [0.2, 0.25) is 0 Å². The van der Waals surface area contributed by atoms with Crippen LogP contribution in [0, 0.1) is 0 Å². The Hall–Kier alpha value is -3.35. The minimum Gasteiger partial charge on any atom is -0.353 e. The van der Waals surface area contributed by atoms with Crippen LogP contribution in [0.4, 0.5) is 0 Å². The lowest BCUT2D eigenvalue weighted by molar-refractivity contribution is -0.123. The minimum atomic E-state index is -0.194. The molecule has 0 radical (unpaired) electrons. The standard InChI is InChI=1S/C18H17N5O2/c24-16-13-22(11-8-19-16)18(25)15-12-20-23(14-6-2-1-3-7-14)17(15)21-9-4-5-10-21/h1-7,9-10,12H,8,11,13H2,(H,19,24). The van der Waals surface area contributed by atoms with Crippen LogP contribution in [0.15, 0.2) is 61.1 Å². The molecule has 126 valence electrons. The van der Waals surface area contributed by atoms with Crippen LogP contribution in [0.1, 0.15) is 10.4 Å². The fourth-order valence-corrected chi connectivity index (χ4v) is 2.96. The first-order valence-electron chi connectivity index (χ1n) is 8.07. The van der Waals surface area contributed by atoms with Gasteiger partial charge in [0.15, 0.2) is 5.82 Å². The molecule has 0 bridgehead atoms. The molecule has 3 heterocycles. The zero-order valence-corrected chi connectivity index (χ0v) is 13.5. The molecule has 0 atom stereocenters. The number of benzene rings is 1. The highest BCUT2D eigenvalue weighted by Crippen LogP contribution is 2.21. The number of amides is 2. The van der Waals surface area contributed by atoms with Crippen molar-refractivity contribution in [2.75, 3.05) is 19.6 Å². The number of hydrogen-bond acceptors (Lipinski definition) is 3. The molecule has 1 N–H and O–H groups in total. The molecule has 25 heavy (non-hydrogen) atoms. The molecule has 1 saturated heterocycles. The van der Waals surface area contributed by atoms with Gasteiger partial charge in [0.05, 0.1) is 18.4 Å². The minimum absolute atomic E-state index is 0.0699. The lowest BCUT2D eigenvalue weighted by atomic mass is 10.2. The molecule has 1 aliphatic rings. The van der Waals surface area contributed by atoms with Gasteiger partial charge in [-0.1, -0.05) is 18.2 Å². The second kappa shape index (κ2) is 6.27. The van der Waals surface area contributed by atoms with E-state index in [1.807, 2.05) is 59.4 Å². The van der Waals surface area contributed by atoms with Crippen molar-refractivity contribution in [3.05, 3.63) is 66.6 Å². The van der Waals surface area contributed by atoms with E-state index in [1.165, 1.54) is 0 Å². The predicted molar refractivity (Wildman–Crippen MR) is 91.8 cm³/mol. The summed E-state index contributed by atoms with van der Waals surface area (Å²) < 4.78 is 3.59. The summed E-state index contributed by atoms with van der Waals surface area (Å²) in [6.45, 7) is 1.03. The Morgan fingerprint density at radius 1 is 1.08 bits per heavy atom. The summed E-state index contributed by atoms with van der Waals surface area (Å²) in [5, 5.41) is 7.16. The zero-order chi connectivity index (χ0) is 17.2. The average Bonchev–Trinajstić information content (AvgIpc) is 3.31. The largest absolute Gasteiger partial charge is 0.353 e. The molecule has 1 aromatic carbocycles. The van der Waals surface area contributed by atoms with E-state index in [2.05, 4.69) is 10.4 Å². The van der Waals surface area contributed by atoms with Crippen molar-refractivity contribution in [1.29, 1.82) is 0 Å². The smallest absolute Gasteiger partial charge is 0.259 e. The molecule has 1 aliphatic heterocycles. The molecule has 1 fully saturated rings. The Balaban J connectivity index is 1.79. The Labute approximate surface area is 144 Å². The molecule has 0 saturated carbocycles. The maximum Gasteiger partial charge on any atom is 0.259 e. The van der Waals surface area contributed by atoms with Crippen LogP contribution in [0.3, 0.4) is 0 Å². The molecule has 0 aliphatic carbocycles. The second-order valence-electron chi connectivity index (χ2n) is 5.80. The van der Waals surface area contributed by atoms with E-state index in [4.69, 9.17) is 0 Å². The van der Waals surface area contributed by atoms with Crippen molar-refractivity contribution in [2.24, 2.45) is 0 Å². The lowest BCUT2D eigenvalue weighted by Crippen LogP contribution is -2.50. The Kier molecular flexibility index (Phi) is 3.81. The Bertz CT molecular complexity index is 899. The summed E-state index contributed by atoms with van der Waals surface area (Å²) in [5.41, 5.74) is 1.33. The van der Waals surface area contributed by atoms with Crippen molar-refractivity contribution in [3.8, 4) is 11.5 Å². The Morgan fingerprint density at radius 3 is 2.56 bits per heavy atom. The van der Waals surface area contributed by atoms with Crippen LogP contribution in [0.25, 0.3) is 11.5 Å². The normalized spacial score (nSPS) is 14.4. The summed E-state index contributed by atoms with van der Waals surface area (Å²) in [6, 6.07) is 13.4. The van der Waals surface area contributed by atoms with Crippen molar-refractivity contribution < 1.29 is 9.59 Å². The van der Waals surface area contributed by atoms with Crippen LogP contribution < -0.4 is 5.32 Å². The number of nitrogens with zero attached hydrogens (tertiary/aromatic N) is 4. The highest BCUT2D eigenvalue weighted by molar-refractivity contribution is 5.99. The van der Waals surface area contributed by atoms with Crippen LogP contribution in [0.5, 0.6) is 0 Å². The van der Waals surface area contributed by atoms with Gasteiger partial charge in [-0.15, -0.1) is 0 Å². The number of rotatable bonds is 3. The topological polar surface area (TPSA) is 72.2 Å². The van der Waals surface area contributed by atoms with E-state index in [0.29, 0.717) is 24.5 Å². The highest BCUT2D eigenvalue weighted by atomic mass is 16.2. The van der Waals surface area contributed by atoms with E-state index < -0.39 is 0 Å². The third kappa shape index (κ3) is 2.80. The third-order valence-electron chi connectivity index (χ3n) is 4.15. The summed E-state index contributed by atoms with van der Waals surface area (Å²) in [4.78, 5) is 26.2. The molecular formula is C18H17N5O2. The molecule has 7 nitrogen and oxygen atoms in total. The van der Waals surface area contributed by atoms with Gasteiger partial charge in [0.25, 0.3) is 5.91 Å². The van der Waals surface area contributed by atoms with Gasteiger partial charge in [0.1, 0.15) is 5.56 Å². The molecule has 4 rings (SSSR count). The number of hydrogen-bond donors (Lipinski definition) is 1. The molecular weight excluding hydrogens is 318 g/mol. The van der Waals surface area contributed by atoms with Gasteiger partial charge >= 0.3 is 0 Å². The number of para-hydroxylation sites is 1. The first-order chi connectivity index (χ1) is 12.2. The van der Waals surface area contributed by atoms with Crippen molar-refractivity contribution in [2.45, 2.75) is 0 Å². The molecule has 3 aromatic rings. The lowest BCUT2D eigenvalue weighted by Gasteiger charge is -2.26. The van der Waals surface area contributed by atoms with Crippen molar-refractivity contribution in [3.63, 3.8) is 0 Å². The molecule has 2 amide bonds. The molecule has 0 unspecified atom stereocenters. The second-order valence-corrected chi connectivity index (χ2v) is 5.80. The van der Waals surface area contributed by atoms with E-state index in [-0.39, 0.29) is 18.4 Å². The maximum absolute atomic E-state index is 13.0. The number of nitrogens with one attached hydrogen (secondary N) is 1. The number of piperazine rings is 1. The molecule has 0 spiro atoms. The van der Waals surface area contributed by atoms with Gasteiger partial charge in [-0.05, 0) is 24.3 Å². The van der Waals surface area contributed by atoms with Gasteiger partial charge in [-0.25, -0.2) is 4.68 Å². The quantitative estimate of drug-likeness (QED) is 0.783.